The third-order valence-electron chi connectivity index (χ3n) is 3.06. The zero-order chi connectivity index (χ0) is 19.8. The fraction of sp³-hybridized carbons (Fsp3) is 0.0769. The molecule has 0 fully saturated rings. The van der Waals surface area contributed by atoms with Gasteiger partial charge in [0.05, 0.1) is 45.3 Å². The standard InChI is InChI=1S/C13H16N8O4S2.2Y/c14-6-1-8(16)12(26-24-22)3-10(6)20-18-5-19-21-11-4-13(27-25-23)9(17)2-7(11)15;;/h1-4,22-23H,5,14-17H2;;. The Morgan fingerprint density at radius 1 is 0.690 bits per heavy atom. The van der Waals surface area contributed by atoms with E-state index in [4.69, 9.17) is 33.4 Å². The molecule has 0 amide bonds. The molecule has 0 aliphatic carbocycles. The molecular formula is C13H16N8O4S2Y2. The quantitative estimate of drug-likeness (QED) is 0.0860. The Morgan fingerprint density at radius 2 is 1.07 bits per heavy atom. The SMILES string of the molecule is Nc1cc(N)c(SOO)cc1N=NCN=Nc1cc(SOO)c(N)cc1N.[Y].[Y]. The van der Waals surface area contributed by atoms with Crippen molar-refractivity contribution in [2.24, 2.45) is 20.5 Å². The number of azo groups is 2. The smallest absolute Gasteiger partial charge is 0.171 e. The molecule has 0 unspecified atom stereocenters. The van der Waals surface area contributed by atoms with Crippen LogP contribution in [0.2, 0.25) is 0 Å². The van der Waals surface area contributed by atoms with Crippen LogP contribution >= 0.6 is 24.1 Å². The third-order valence-corrected chi connectivity index (χ3v) is 4.27. The van der Waals surface area contributed by atoms with Gasteiger partial charge in [0.1, 0.15) is 11.4 Å². The average Bonchev–Trinajstić information content (AvgIpc) is 2.62. The topological polar surface area (TPSA) is 212 Å². The van der Waals surface area contributed by atoms with E-state index in [-0.39, 0.29) is 72.1 Å². The van der Waals surface area contributed by atoms with Crippen molar-refractivity contribution in [3.8, 4) is 0 Å². The van der Waals surface area contributed by atoms with Gasteiger partial charge in [-0.3, -0.25) is 0 Å². The number of hydrogen-bond donors (Lipinski definition) is 6. The number of anilines is 4. The van der Waals surface area contributed by atoms with Gasteiger partial charge in [-0.2, -0.15) is 29.1 Å². The molecule has 0 aliphatic rings. The summed E-state index contributed by atoms with van der Waals surface area (Å²) in [6.07, 6.45) is 0. The van der Waals surface area contributed by atoms with Crippen molar-refractivity contribution in [1.29, 1.82) is 0 Å². The Labute approximate surface area is 224 Å². The molecule has 12 nitrogen and oxygen atoms in total. The van der Waals surface area contributed by atoms with Crippen molar-refractivity contribution in [3.63, 3.8) is 0 Å². The molecule has 2 radical (unpaired) electrons. The molecule has 0 aliphatic heterocycles. The van der Waals surface area contributed by atoms with Crippen LogP contribution in [0.15, 0.2) is 54.5 Å². The predicted molar refractivity (Wildman–Crippen MR) is 104 cm³/mol. The molecule has 150 valence electrons. The van der Waals surface area contributed by atoms with Crippen LogP contribution < -0.4 is 22.9 Å². The number of nitrogens with zero attached hydrogens (tertiary/aromatic N) is 4. The maximum Gasteiger partial charge on any atom is 0.171 e. The van der Waals surface area contributed by atoms with Gasteiger partial charge >= 0.3 is 0 Å². The van der Waals surface area contributed by atoms with Crippen molar-refractivity contribution in [1.82, 2.24) is 0 Å². The van der Waals surface area contributed by atoms with Crippen LogP contribution in [0.1, 0.15) is 0 Å². The zero-order valence-corrected chi connectivity index (χ0v) is 22.1. The summed E-state index contributed by atoms with van der Waals surface area (Å²) in [4.78, 5) is 0.848. The molecule has 0 heterocycles. The number of hydrogen-bond acceptors (Lipinski definition) is 14. The van der Waals surface area contributed by atoms with E-state index in [2.05, 4.69) is 29.1 Å². The first-order chi connectivity index (χ1) is 13.0. The maximum absolute atomic E-state index is 8.50. The van der Waals surface area contributed by atoms with Gasteiger partial charge in [-0.1, -0.05) is 0 Å². The fourth-order valence-corrected chi connectivity index (χ4v) is 2.64. The van der Waals surface area contributed by atoms with Crippen molar-refractivity contribution < 1.29 is 84.6 Å². The Hall–Kier alpha value is -0.412. The van der Waals surface area contributed by atoms with Gasteiger partial charge in [0, 0.05) is 76.8 Å². The van der Waals surface area contributed by atoms with E-state index in [0.29, 0.717) is 68.0 Å². The first-order valence-electron chi connectivity index (χ1n) is 7.05. The van der Waals surface area contributed by atoms with E-state index in [1.54, 1.807) is 0 Å². The monoisotopic (exact) mass is 590 g/mol. The molecule has 0 spiro atoms. The molecule has 10 N–H and O–H groups in total. The van der Waals surface area contributed by atoms with E-state index < -0.39 is 0 Å². The summed E-state index contributed by atoms with van der Waals surface area (Å²) in [5, 5.41) is 32.6. The van der Waals surface area contributed by atoms with Crippen LogP contribution in [0.25, 0.3) is 0 Å². The van der Waals surface area contributed by atoms with Gasteiger partial charge in [-0.05, 0) is 24.3 Å². The van der Waals surface area contributed by atoms with E-state index in [9.17, 15) is 0 Å². The molecule has 0 atom stereocenters. The van der Waals surface area contributed by atoms with Gasteiger partial charge < -0.3 is 22.9 Å². The minimum absolute atomic E-state index is 0. The molecule has 29 heavy (non-hydrogen) atoms. The second-order valence-corrected chi connectivity index (χ2v) is 6.35. The second-order valence-electron chi connectivity index (χ2n) is 4.84. The summed E-state index contributed by atoms with van der Waals surface area (Å²) >= 11 is 1.30. The van der Waals surface area contributed by atoms with Crippen molar-refractivity contribution in [2.45, 2.75) is 9.79 Å². The summed E-state index contributed by atoms with van der Waals surface area (Å²) in [6, 6.07) is 5.94. The fourth-order valence-electron chi connectivity index (χ4n) is 1.85. The molecular weight excluding hydrogens is 574 g/mol. The summed E-state index contributed by atoms with van der Waals surface area (Å²) in [6.45, 7) is -0.106. The molecule has 2 aromatic carbocycles. The molecule has 0 saturated carbocycles. The Balaban J connectivity index is 0.00000392. The summed E-state index contributed by atoms with van der Waals surface area (Å²) in [5.74, 6) is 0. The molecule has 2 aromatic rings. The third kappa shape index (κ3) is 8.69. The van der Waals surface area contributed by atoms with Gasteiger partial charge in [0.2, 0.25) is 0 Å². The number of benzene rings is 2. The summed E-state index contributed by atoms with van der Waals surface area (Å²) in [5.41, 5.74) is 25.0. The summed E-state index contributed by atoms with van der Waals surface area (Å²) in [7, 11) is 0. The molecule has 0 aromatic heterocycles. The zero-order valence-electron chi connectivity index (χ0n) is 14.8. The van der Waals surface area contributed by atoms with Gasteiger partial charge in [0.15, 0.2) is 6.67 Å². The first-order valence-corrected chi connectivity index (χ1v) is 8.53. The Kier molecular flexibility index (Phi) is 14.4. The molecule has 0 saturated heterocycles. The van der Waals surface area contributed by atoms with Crippen LogP contribution in [0.5, 0.6) is 0 Å². The second kappa shape index (κ2) is 14.6. The van der Waals surface area contributed by atoms with Gasteiger partial charge in [-0.15, -0.1) is 0 Å². The Morgan fingerprint density at radius 3 is 1.41 bits per heavy atom. The largest absolute Gasteiger partial charge is 0.398 e. The van der Waals surface area contributed by atoms with Crippen LogP contribution in [-0.4, -0.2) is 17.2 Å². The van der Waals surface area contributed by atoms with E-state index in [1.165, 1.54) is 24.3 Å². The Bertz CT molecular complexity index is 806. The van der Waals surface area contributed by atoms with E-state index in [1.807, 2.05) is 0 Å². The van der Waals surface area contributed by atoms with Crippen LogP contribution in [0.4, 0.5) is 34.1 Å². The number of nitrogens with two attached hydrogens (primary N) is 4. The van der Waals surface area contributed by atoms with Crippen molar-refractivity contribution in [3.05, 3.63) is 24.3 Å². The number of rotatable bonds is 8. The van der Waals surface area contributed by atoms with Crippen LogP contribution in [-0.2, 0) is 74.1 Å². The van der Waals surface area contributed by atoms with Crippen LogP contribution in [0, 0.1) is 0 Å². The van der Waals surface area contributed by atoms with Gasteiger partial charge in [0.25, 0.3) is 0 Å². The van der Waals surface area contributed by atoms with E-state index in [0.717, 1.165) is 0 Å². The first kappa shape index (κ1) is 28.6. The van der Waals surface area contributed by atoms with Crippen molar-refractivity contribution >= 4 is 58.2 Å². The molecule has 2 rings (SSSR count). The van der Waals surface area contributed by atoms with Crippen LogP contribution in [0.3, 0.4) is 0 Å². The average molecular weight is 590 g/mol. The maximum atomic E-state index is 8.50. The van der Waals surface area contributed by atoms with E-state index >= 15 is 0 Å². The minimum atomic E-state index is -0.106. The van der Waals surface area contributed by atoms with Gasteiger partial charge in [-0.25, -0.2) is 10.5 Å². The van der Waals surface area contributed by atoms with Crippen molar-refractivity contribution in [2.75, 3.05) is 29.6 Å². The number of nitrogen functional groups attached to an aromatic ring is 4. The summed E-state index contributed by atoms with van der Waals surface area (Å²) < 4.78 is 7.97. The molecule has 0 bridgehead atoms. The minimum Gasteiger partial charge on any atom is -0.398 e. The predicted octanol–water partition coefficient (Wildman–Crippen LogP) is 3.83. The normalized spacial score (nSPS) is 10.8. The molecule has 16 heteroatoms.